The maximum absolute atomic E-state index is 6.94. The smallest absolute Gasteiger partial charge is 0.255 e. The number of aromatic nitrogens is 4. The van der Waals surface area contributed by atoms with E-state index in [0.717, 1.165) is 50.5 Å². The normalized spacial score (nSPS) is 12.4. The molecular weight excluding hydrogens is 989 g/mol. The van der Waals surface area contributed by atoms with Crippen molar-refractivity contribution in [2.45, 2.75) is 52.4 Å². The second kappa shape index (κ2) is 18.9. The second-order valence-electron chi connectivity index (χ2n) is 23.4. The van der Waals surface area contributed by atoms with Crippen LogP contribution in [0, 0.1) is 0 Å². The van der Waals surface area contributed by atoms with Gasteiger partial charge in [0.25, 0.3) is 6.33 Å². The minimum Gasteiger partial charge on any atom is -0.457 e. The predicted molar refractivity (Wildman–Crippen MR) is 334 cm³/mol. The SMILES string of the molecule is CC(C)(C)c1ccnc(-n2c3ccccc3c3ccc(Oc4cccc(-n5c[n+]6c7c(cccc75)-c5ccccc5-c5ccc([Si](c7ccccc7)(c7ccccc7)c7ccccc7)cc5-c5cccc(C(C)(C)C)c5-6)c4)cc32)c1. The van der Waals surface area contributed by atoms with Gasteiger partial charge < -0.3 is 4.74 Å². The van der Waals surface area contributed by atoms with Gasteiger partial charge in [0.2, 0.25) is 0 Å². The Hall–Kier alpha value is -9.36. The van der Waals surface area contributed by atoms with Crippen LogP contribution in [0.15, 0.2) is 261 Å². The molecule has 0 fully saturated rings. The molecule has 1 aliphatic heterocycles. The highest BCUT2D eigenvalue weighted by molar-refractivity contribution is 7.20. The Morgan fingerprint density at radius 3 is 1.69 bits per heavy atom. The van der Waals surface area contributed by atoms with Crippen molar-refractivity contribution in [3.8, 4) is 62.1 Å². The van der Waals surface area contributed by atoms with Crippen molar-refractivity contribution >= 4 is 61.7 Å². The fraction of sp³-hybridized carbons (Fsp3) is 0.108. The van der Waals surface area contributed by atoms with Gasteiger partial charge in [-0.3, -0.25) is 4.57 Å². The average Bonchev–Trinajstić information content (AvgIpc) is 4.23. The number of hydrogen-bond acceptors (Lipinski definition) is 2. The first-order valence-electron chi connectivity index (χ1n) is 27.8. The van der Waals surface area contributed by atoms with E-state index < -0.39 is 8.07 Å². The van der Waals surface area contributed by atoms with E-state index in [1.807, 2.05) is 6.20 Å². The molecule has 0 N–H and O–H groups in total. The largest absolute Gasteiger partial charge is 0.457 e. The monoisotopic (exact) mass is 1050 g/mol. The molecular formula is C74H61N4OSi+. The lowest BCUT2D eigenvalue weighted by Crippen LogP contribution is -2.74. The van der Waals surface area contributed by atoms with Crippen molar-refractivity contribution in [2.75, 3.05) is 0 Å². The molecule has 13 aromatic rings. The third-order valence-electron chi connectivity index (χ3n) is 16.5. The van der Waals surface area contributed by atoms with E-state index in [9.17, 15) is 0 Å². The van der Waals surface area contributed by atoms with Crippen molar-refractivity contribution in [3.63, 3.8) is 0 Å². The standard InChI is InChI=1S/C74H61N4OSi/c1-73(2,3)50-43-44-75-70(45-50)78-67-37-19-18-33-61(67)62-41-39-53(47-69(62)78)79-52-24-20-23-51(46-52)76-49-77-71-64(34-21-36-66(71)74(4,5)6)65-48-57(40-42-60(65)58-31-16-17-32-59(58)63-35-22-38-68(76)72(63)77)80(54-25-10-7-11-26-54,55-27-12-8-13-28-55)56-29-14-9-15-30-56/h7-49H,1-6H3/q+1. The number of pyridine rings is 1. The van der Waals surface area contributed by atoms with Gasteiger partial charge in [-0.15, -0.1) is 0 Å². The molecule has 0 atom stereocenters. The van der Waals surface area contributed by atoms with Gasteiger partial charge in [0.05, 0.1) is 11.0 Å². The van der Waals surface area contributed by atoms with E-state index in [-0.39, 0.29) is 10.8 Å². The Labute approximate surface area is 469 Å². The van der Waals surface area contributed by atoms with Gasteiger partial charge >= 0.3 is 0 Å². The molecule has 80 heavy (non-hydrogen) atoms. The number of hydrogen-bond donors (Lipinski definition) is 0. The molecule has 5 nitrogen and oxygen atoms in total. The highest BCUT2D eigenvalue weighted by Gasteiger charge is 2.42. The van der Waals surface area contributed by atoms with Crippen molar-refractivity contribution < 1.29 is 9.30 Å². The molecule has 0 spiro atoms. The summed E-state index contributed by atoms with van der Waals surface area (Å²) in [5.41, 5.74) is 16.0. The van der Waals surface area contributed by atoms with Crippen LogP contribution in [-0.2, 0) is 10.8 Å². The minimum atomic E-state index is -2.93. The Morgan fingerprint density at radius 2 is 0.988 bits per heavy atom. The average molecular weight is 1050 g/mol. The van der Waals surface area contributed by atoms with Crippen molar-refractivity contribution in [1.29, 1.82) is 0 Å². The molecule has 0 saturated carbocycles. The molecule has 14 rings (SSSR count). The zero-order chi connectivity index (χ0) is 54.3. The summed E-state index contributed by atoms with van der Waals surface area (Å²) in [6.07, 6.45) is 4.25. The zero-order valence-electron chi connectivity index (χ0n) is 46.0. The molecule has 386 valence electrons. The number of para-hydroxylation sites is 3. The van der Waals surface area contributed by atoms with E-state index in [1.165, 1.54) is 76.3 Å². The van der Waals surface area contributed by atoms with Crippen LogP contribution in [0.5, 0.6) is 11.5 Å². The Balaban J connectivity index is 0.970. The van der Waals surface area contributed by atoms with E-state index in [2.05, 4.69) is 310 Å². The van der Waals surface area contributed by atoms with Crippen LogP contribution < -0.4 is 30.1 Å². The number of rotatable bonds is 8. The van der Waals surface area contributed by atoms with Crippen LogP contribution in [0.4, 0.5) is 0 Å². The maximum Gasteiger partial charge on any atom is 0.255 e. The second-order valence-corrected chi connectivity index (χ2v) is 27.2. The van der Waals surface area contributed by atoms with Crippen molar-refractivity contribution in [1.82, 2.24) is 14.1 Å². The van der Waals surface area contributed by atoms with Gasteiger partial charge in [0.1, 0.15) is 28.7 Å². The Morgan fingerprint density at radius 1 is 0.412 bits per heavy atom. The number of imidazole rings is 1. The molecule has 0 saturated heterocycles. The minimum absolute atomic E-state index is 0.0290. The van der Waals surface area contributed by atoms with Gasteiger partial charge in [-0.1, -0.05) is 224 Å². The van der Waals surface area contributed by atoms with E-state index in [0.29, 0.717) is 0 Å². The van der Waals surface area contributed by atoms with Gasteiger partial charge in [0.15, 0.2) is 19.1 Å². The molecule has 0 radical (unpaired) electrons. The van der Waals surface area contributed by atoms with Crippen LogP contribution in [0.3, 0.4) is 0 Å². The van der Waals surface area contributed by atoms with E-state index in [1.54, 1.807) is 0 Å². The summed E-state index contributed by atoms with van der Waals surface area (Å²) < 4.78 is 14.1. The maximum atomic E-state index is 6.94. The van der Waals surface area contributed by atoms with Gasteiger partial charge in [-0.2, -0.15) is 9.13 Å². The summed E-state index contributed by atoms with van der Waals surface area (Å²) in [5.74, 6) is 2.38. The zero-order valence-corrected chi connectivity index (χ0v) is 47.0. The van der Waals surface area contributed by atoms with Crippen molar-refractivity contribution in [3.05, 3.63) is 272 Å². The molecule has 4 heterocycles. The molecule has 3 aromatic heterocycles. The summed E-state index contributed by atoms with van der Waals surface area (Å²) in [7, 11) is -2.93. The Kier molecular flexibility index (Phi) is 11.6. The fourth-order valence-electron chi connectivity index (χ4n) is 12.8. The first-order valence-corrected chi connectivity index (χ1v) is 29.8. The molecule has 0 aliphatic carbocycles. The Bertz CT molecular complexity index is 4430. The summed E-state index contributed by atoms with van der Waals surface area (Å²) in [5, 5.41) is 7.70. The first-order chi connectivity index (χ1) is 38.9. The van der Waals surface area contributed by atoms with Crippen LogP contribution in [0.2, 0.25) is 0 Å². The lowest BCUT2D eigenvalue weighted by Gasteiger charge is -2.35. The molecule has 6 heteroatoms. The van der Waals surface area contributed by atoms with Gasteiger partial charge in [-0.05, 0) is 114 Å². The molecule has 0 unspecified atom stereocenters. The van der Waals surface area contributed by atoms with Crippen molar-refractivity contribution in [2.24, 2.45) is 0 Å². The lowest BCUT2D eigenvalue weighted by molar-refractivity contribution is -0.567. The number of fused-ring (bicyclic) bond motifs is 10. The highest BCUT2D eigenvalue weighted by Crippen LogP contribution is 2.45. The first kappa shape index (κ1) is 49.0. The van der Waals surface area contributed by atoms with Crippen LogP contribution in [-0.4, -0.2) is 22.2 Å². The predicted octanol–water partition coefficient (Wildman–Crippen LogP) is 15.5. The van der Waals surface area contributed by atoms with Crippen LogP contribution >= 0.6 is 0 Å². The lowest BCUT2D eigenvalue weighted by atomic mass is 9.82. The molecule has 1 aliphatic rings. The molecule has 10 aromatic carbocycles. The summed E-state index contributed by atoms with van der Waals surface area (Å²) in [6.45, 7) is 13.8. The van der Waals surface area contributed by atoms with E-state index >= 15 is 0 Å². The third kappa shape index (κ3) is 7.96. The summed E-state index contributed by atoms with van der Waals surface area (Å²) >= 11 is 0. The van der Waals surface area contributed by atoms with Gasteiger partial charge in [0, 0.05) is 45.8 Å². The van der Waals surface area contributed by atoms with Crippen LogP contribution in [0.25, 0.3) is 83.4 Å². The summed E-state index contributed by atoms with van der Waals surface area (Å²) in [6, 6.07) is 91.9. The molecule has 0 bridgehead atoms. The number of nitrogens with zero attached hydrogens (tertiary/aromatic N) is 4. The highest BCUT2D eigenvalue weighted by atomic mass is 28.3. The fourth-order valence-corrected chi connectivity index (χ4v) is 17.6. The topological polar surface area (TPSA) is 35.9 Å². The van der Waals surface area contributed by atoms with Crippen LogP contribution in [0.1, 0.15) is 52.7 Å². The summed E-state index contributed by atoms with van der Waals surface area (Å²) in [4.78, 5) is 4.94. The van der Waals surface area contributed by atoms with E-state index in [4.69, 9.17) is 9.72 Å². The quantitative estimate of drug-likeness (QED) is 0.0864. The third-order valence-corrected chi connectivity index (χ3v) is 21.3. The molecule has 0 amide bonds. The number of ether oxygens (including phenoxy) is 1. The number of benzene rings is 10. The van der Waals surface area contributed by atoms with Gasteiger partial charge in [-0.25, -0.2) is 4.98 Å².